The van der Waals surface area contributed by atoms with Crippen molar-refractivity contribution in [2.24, 2.45) is 4.99 Å². The predicted molar refractivity (Wildman–Crippen MR) is 148 cm³/mol. The fourth-order valence-electron chi connectivity index (χ4n) is 4.28. The molecule has 0 spiro atoms. The zero-order chi connectivity index (χ0) is 23.0. The number of rotatable bonds is 8. The van der Waals surface area contributed by atoms with Gasteiger partial charge >= 0.3 is 0 Å². The minimum Gasteiger partial charge on any atom is -0.497 e. The Labute approximate surface area is 219 Å². The van der Waals surface area contributed by atoms with E-state index in [4.69, 9.17) is 14.5 Å². The van der Waals surface area contributed by atoms with E-state index in [1.54, 1.807) is 14.2 Å². The van der Waals surface area contributed by atoms with E-state index in [1.165, 1.54) is 5.56 Å². The number of likely N-dealkylation sites (tertiary alicyclic amines) is 1. The molecular formula is C26H34IN5O2. The van der Waals surface area contributed by atoms with Crippen LogP contribution in [0, 0.1) is 0 Å². The summed E-state index contributed by atoms with van der Waals surface area (Å²) in [6.07, 6.45) is 2.91. The highest BCUT2D eigenvalue weighted by Gasteiger charge is 2.23. The number of methoxy groups -OCH3 is 2. The molecule has 1 saturated heterocycles. The molecule has 2 heterocycles. The van der Waals surface area contributed by atoms with Crippen LogP contribution in [0.25, 0.3) is 10.9 Å². The number of ether oxygens (including phenoxy) is 2. The Bertz CT molecular complexity index is 1080. The number of benzene rings is 2. The first-order valence-corrected chi connectivity index (χ1v) is 11.5. The number of nitrogens with zero attached hydrogens (tertiary/aromatic N) is 3. The van der Waals surface area contributed by atoms with Crippen molar-refractivity contribution in [3.05, 3.63) is 65.9 Å². The molecule has 0 saturated carbocycles. The van der Waals surface area contributed by atoms with Crippen LogP contribution in [-0.4, -0.2) is 55.7 Å². The van der Waals surface area contributed by atoms with Gasteiger partial charge in [-0.05, 0) is 42.7 Å². The van der Waals surface area contributed by atoms with Crippen molar-refractivity contribution < 1.29 is 9.47 Å². The van der Waals surface area contributed by atoms with Crippen LogP contribution in [0.3, 0.4) is 0 Å². The molecule has 1 aliphatic rings. The summed E-state index contributed by atoms with van der Waals surface area (Å²) in [6.45, 7) is 6.35. The molecule has 7 nitrogen and oxygen atoms in total. The highest BCUT2D eigenvalue weighted by Crippen LogP contribution is 2.24. The van der Waals surface area contributed by atoms with Gasteiger partial charge in [-0.15, -0.1) is 24.0 Å². The van der Waals surface area contributed by atoms with Gasteiger partial charge in [0.15, 0.2) is 5.96 Å². The average Bonchev–Trinajstić information content (AvgIpc) is 3.28. The normalized spacial score (nSPS) is 16.2. The lowest BCUT2D eigenvalue weighted by molar-refractivity contribution is 0.321. The fraction of sp³-hybridized carbons (Fsp3) is 0.385. The van der Waals surface area contributed by atoms with Crippen LogP contribution in [0.2, 0.25) is 0 Å². The van der Waals surface area contributed by atoms with Crippen molar-refractivity contribution in [1.29, 1.82) is 0 Å². The molecule has 0 aliphatic carbocycles. The van der Waals surface area contributed by atoms with Crippen molar-refractivity contribution in [3.8, 4) is 11.5 Å². The first kappa shape index (κ1) is 26.0. The van der Waals surface area contributed by atoms with Gasteiger partial charge in [0.25, 0.3) is 0 Å². The van der Waals surface area contributed by atoms with Gasteiger partial charge in [0.05, 0.1) is 26.3 Å². The van der Waals surface area contributed by atoms with Crippen molar-refractivity contribution in [3.63, 3.8) is 0 Å². The molecule has 34 heavy (non-hydrogen) atoms. The molecule has 182 valence electrons. The number of nitrogens with one attached hydrogen (secondary N) is 2. The van der Waals surface area contributed by atoms with E-state index in [2.05, 4.69) is 63.8 Å². The molecule has 1 aliphatic heterocycles. The van der Waals surface area contributed by atoms with Crippen LogP contribution in [0.4, 0.5) is 0 Å². The van der Waals surface area contributed by atoms with Gasteiger partial charge in [0.2, 0.25) is 0 Å². The highest BCUT2D eigenvalue weighted by atomic mass is 127. The number of hydrogen-bond acceptors (Lipinski definition) is 5. The van der Waals surface area contributed by atoms with Crippen LogP contribution < -0.4 is 20.1 Å². The standard InChI is InChI=1S/C26H33N5O2.HI/c1-4-27-26(29-16-21-8-5-7-20-9-6-11-28-25(20)21)30-22-10-12-31(18-22)17-19-13-23(32-2)15-24(14-19)33-3;/h5-9,11,13-15,22H,4,10,12,16-18H2,1-3H3,(H2,27,29,30);1H. The van der Waals surface area contributed by atoms with E-state index in [1.807, 2.05) is 18.3 Å². The number of guanidine groups is 1. The summed E-state index contributed by atoms with van der Waals surface area (Å²) >= 11 is 0. The average molecular weight is 575 g/mol. The minimum atomic E-state index is 0. The Morgan fingerprint density at radius 2 is 1.88 bits per heavy atom. The second-order valence-electron chi connectivity index (χ2n) is 8.27. The smallest absolute Gasteiger partial charge is 0.191 e. The summed E-state index contributed by atoms with van der Waals surface area (Å²) in [5.74, 6) is 2.49. The summed E-state index contributed by atoms with van der Waals surface area (Å²) in [7, 11) is 3.37. The number of hydrogen-bond donors (Lipinski definition) is 2. The van der Waals surface area contributed by atoms with Gasteiger partial charge in [-0.1, -0.05) is 24.3 Å². The van der Waals surface area contributed by atoms with Crippen molar-refractivity contribution in [2.75, 3.05) is 33.9 Å². The van der Waals surface area contributed by atoms with E-state index < -0.39 is 0 Å². The maximum absolute atomic E-state index is 5.41. The molecule has 3 aromatic rings. The van der Waals surface area contributed by atoms with E-state index in [-0.39, 0.29) is 24.0 Å². The van der Waals surface area contributed by atoms with Crippen molar-refractivity contribution in [1.82, 2.24) is 20.5 Å². The van der Waals surface area contributed by atoms with Crippen LogP contribution in [0.1, 0.15) is 24.5 Å². The maximum Gasteiger partial charge on any atom is 0.191 e. The Kier molecular flexibility index (Phi) is 9.76. The third kappa shape index (κ3) is 6.73. The van der Waals surface area contributed by atoms with Crippen LogP contribution >= 0.6 is 24.0 Å². The van der Waals surface area contributed by atoms with Gasteiger partial charge in [-0.2, -0.15) is 0 Å². The first-order valence-electron chi connectivity index (χ1n) is 11.5. The maximum atomic E-state index is 5.41. The largest absolute Gasteiger partial charge is 0.497 e. The second kappa shape index (κ2) is 12.8. The van der Waals surface area contributed by atoms with Gasteiger partial charge in [-0.3, -0.25) is 9.88 Å². The fourth-order valence-corrected chi connectivity index (χ4v) is 4.28. The molecule has 4 rings (SSSR count). The highest BCUT2D eigenvalue weighted by molar-refractivity contribution is 14.0. The number of halogens is 1. The Morgan fingerprint density at radius 3 is 2.62 bits per heavy atom. The molecule has 1 fully saturated rings. The van der Waals surface area contributed by atoms with Gasteiger partial charge in [0.1, 0.15) is 11.5 Å². The molecule has 1 aromatic heterocycles. The van der Waals surface area contributed by atoms with Gasteiger partial charge in [0, 0.05) is 49.9 Å². The van der Waals surface area contributed by atoms with Gasteiger partial charge < -0.3 is 20.1 Å². The molecule has 2 N–H and O–H groups in total. The van der Waals surface area contributed by atoms with E-state index in [9.17, 15) is 0 Å². The van der Waals surface area contributed by atoms with Crippen LogP contribution in [-0.2, 0) is 13.1 Å². The number of fused-ring (bicyclic) bond motifs is 1. The molecule has 8 heteroatoms. The summed E-state index contributed by atoms with van der Waals surface area (Å²) in [6, 6.07) is 16.7. The van der Waals surface area contributed by atoms with E-state index in [0.717, 1.165) is 66.5 Å². The Balaban J connectivity index is 0.00000324. The number of aliphatic imine (C=N–C) groups is 1. The molecule has 0 radical (unpaired) electrons. The molecule has 1 unspecified atom stereocenters. The predicted octanol–water partition coefficient (Wildman–Crippen LogP) is 4.20. The molecule has 2 aromatic carbocycles. The summed E-state index contributed by atoms with van der Waals surface area (Å²) in [4.78, 5) is 11.9. The van der Waals surface area contributed by atoms with Gasteiger partial charge in [-0.25, -0.2) is 4.99 Å². The summed E-state index contributed by atoms with van der Waals surface area (Å²) in [5.41, 5.74) is 3.33. The molecular weight excluding hydrogens is 541 g/mol. The number of pyridine rings is 1. The zero-order valence-electron chi connectivity index (χ0n) is 20.1. The first-order chi connectivity index (χ1) is 16.2. The molecule has 0 amide bonds. The van der Waals surface area contributed by atoms with Crippen molar-refractivity contribution in [2.45, 2.75) is 32.5 Å². The number of aromatic nitrogens is 1. The third-order valence-corrected chi connectivity index (χ3v) is 5.90. The lowest BCUT2D eigenvalue weighted by atomic mass is 10.1. The number of para-hydroxylation sites is 1. The SMILES string of the molecule is CCNC(=NCc1cccc2cccnc12)NC1CCN(Cc2cc(OC)cc(OC)c2)C1.I. The monoisotopic (exact) mass is 575 g/mol. The Hall–Kier alpha value is -2.59. The third-order valence-electron chi connectivity index (χ3n) is 5.90. The van der Waals surface area contributed by atoms with Crippen LogP contribution in [0.5, 0.6) is 11.5 Å². The van der Waals surface area contributed by atoms with E-state index >= 15 is 0 Å². The lowest BCUT2D eigenvalue weighted by Crippen LogP contribution is -2.44. The topological polar surface area (TPSA) is 71.0 Å². The second-order valence-corrected chi connectivity index (χ2v) is 8.27. The van der Waals surface area contributed by atoms with E-state index in [0.29, 0.717) is 12.6 Å². The molecule has 0 bridgehead atoms. The van der Waals surface area contributed by atoms with Crippen molar-refractivity contribution >= 4 is 40.8 Å². The molecule has 1 atom stereocenters. The zero-order valence-corrected chi connectivity index (χ0v) is 22.4. The quantitative estimate of drug-likeness (QED) is 0.239. The minimum absolute atomic E-state index is 0. The summed E-state index contributed by atoms with van der Waals surface area (Å²) < 4.78 is 10.8. The lowest BCUT2D eigenvalue weighted by Gasteiger charge is -2.19. The summed E-state index contributed by atoms with van der Waals surface area (Å²) in [5, 5.41) is 8.16. The van der Waals surface area contributed by atoms with Crippen LogP contribution in [0.15, 0.2) is 59.7 Å². The Morgan fingerprint density at radius 1 is 1.12 bits per heavy atom.